The Morgan fingerprint density at radius 3 is 2.57 bits per heavy atom. The summed E-state index contributed by atoms with van der Waals surface area (Å²) in [7, 11) is 0. The fourth-order valence-electron chi connectivity index (χ4n) is 7.41. The number of alkyl halides is 1. The number of piperidine rings is 1. The lowest BCUT2D eigenvalue weighted by Gasteiger charge is -2.42. The summed E-state index contributed by atoms with van der Waals surface area (Å²) in [6, 6.07) is 6.46. The van der Waals surface area contributed by atoms with Gasteiger partial charge in [0.05, 0.1) is 11.1 Å². The van der Waals surface area contributed by atoms with Crippen molar-refractivity contribution in [1.29, 1.82) is 0 Å². The van der Waals surface area contributed by atoms with Crippen LogP contribution in [0.5, 0.6) is 11.8 Å². The maximum Gasteiger partial charge on any atom is 0.319 e. The molecule has 240 valence electrons. The summed E-state index contributed by atoms with van der Waals surface area (Å²) < 4.78 is 69.2. The summed E-state index contributed by atoms with van der Waals surface area (Å²) in [6.07, 6.45) is 6.85. The minimum Gasteiger partial charge on any atom is -0.508 e. The standard InChI is InChI=1S/C35H35F4N5O2/c1-4-23-26(36)9-6-19-12-22(45)13-24(29(19)23)30-27(37)14-25-32(31(30)39)41-34(42-33(25)44-15-20-7-8-21(16-44)40-20)46-18-35(3)17-43(5-2)11-10-28(35)38/h1,6,9,12-14,20-21,28,40,45H,5,7-8,10-11,15-18H2,2-3H3/t20-,21+,28-,35+/m0/s1. The number of hydrogen-bond acceptors (Lipinski definition) is 7. The summed E-state index contributed by atoms with van der Waals surface area (Å²) in [6.45, 7) is 6.86. The van der Waals surface area contributed by atoms with E-state index >= 15 is 13.2 Å². The Morgan fingerprint density at radius 1 is 1.09 bits per heavy atom. The van der Waals surface area contributed by atoms with Crippen LogP contribution in [0.15, 0.2) is 30.3 Å². The Labute approximate surface area is 264 Å². The Hall–Kier alpha value is -4.14. The third-order valence-corrected chi connectivity index (χ3v) is 9.84. The van der Waals surface area contributed by atoms with Gasteiger partial charge in [-0.25, -0.2) is 17.6 Å². The first-order valence-electron chi connectivity index (χ1n) is 15.7. The van der Waals surface area contributed by atoms with Gasteiger partial charge in [-0.15, -0.1) is 6.42 Å². The first kappa shape index (κ1) is 30.5. The lowest BCUT2D eigenvalue weighted by atomic mass is 9.81. The Bertz CT molecular complexity index is 1890. The van der Waals surface area contributed by atoms with Crippen LogP contribution in [0.1, 0.15) is 38.7 Å². The van der Waals surface area contributed by atoms with Crippen molar-refractivity contribution in [2.24, 2.45) is 5.41 Å². The Kier molecular flexibility index (Phi) is 7.68. The van der Waals surface area contributed by atoms with Crippen molar-refractivity contribution in [1.82, 2.24) is 20.2 Å². The number of terminal acetylenes is 1. The molecule has 4 heterocycles. The van der Waals surface area contributed by atoms with Gasteiger partial charge in [-0.2, -0.15) is 9.97 Å². The number of fused-ring (bicyclic) bond motifs is 4. The molecule has 2 bridgehead atoms. The number of piperazine rings is 1. The second kappa shape index (κ2) is 11.6. The molecule has 1 aromatic heterocycles. The van der Waals surface area contributed by atoms with E-state index in [1.807, 2.05) is 18.7 Å². The van der Waals surface area contributed by atoms with E-state index < -0.39 is 34.6 Å². The van der Waals surface area contributed by atoms with E-state index in [-0.39, 0.29) is 57.9 Å². The SMILES string of the molecule is C#Cc1c(F)ccc2cc(O)cc(-c3c(F)cc4c(N5C[C@H]6CC[C@@H](C5)N6)nc(OC[C@@]5(C)CN(CC)CC[C@@H]5F)nc4c3F)c12. The van der Waals surface area contributed by atoms with E-state index in [9.17, 15) is 9.50 Å². The number of halogens is 4. The molecule has 2 N–H and O–H groups in total. The van der Waals surface area contributed by atoms with Gasteiger partial charge in [-0.05, 0) is 55.5 Å². The van der Waals surface area contributed by atoms with Crippen LogP contribution >= 0.6 is 0 Å². The lowest BCUT2D eigenvalue weighted by Crippen LogP contribution is -2.51. The number of nitrogens with one attached hydrogen (secondary N) is 1. The molecule has 3 fully saturated rings. The number of nitrogens with zero attached hydrogens (tertiary/aromatic N) is 4. The van der Waals surface area contributed by atoms with E-state index in [1.165, 1.54) is 18.2 Å². The van der Waals surface area contributed by atoms with Gasteiger partial charge in [0.2, 0.25) is 0 Å². The van der Waals surface area contributed by atoms with Crippen LogP contribution in [-0.4, -0.2) is 77.6 Å². The van der Waals surface area contributed by atoms with Crippen LogP contribution in [0.25, 0.3) is 32.8 Å². The van der Waals surface area contributed by atoms with Gasteiger partial charge in [0, 0.05) is 60.0 Å². The topological polar surface area (TPSA) is 73.8 Å². The summed E-state index contributed by atoms with van der Waals surface area (Å²) >= 11 is 0. The molecular formula is C35H35F4N5O2. The molecule has 3 aliphatic heterocycles. The Balaban J connectivity index is 1.40. The van der Waals surface area contributed by atoms with Crippen LogP contribution in [-0.2, 0) is 0 Å². The molecule has 0 spiro atoms. The quantitative estimate of drug-likeness (QED) is 0.201. The van der Waals surface area contributed by atoms with Gasteiger partial charge in [0.25, 0.3) is 0 Å². The average molecular weight is 634 g/mol. The van der Waals surface area contributed by atoms with Crippen LogP contribution in [0.2, 0.25) is 0 Å². The molecule has 4 atom stereocenters. The second-order valence-electron chi connectivity index (χ2n) is 13.0. The van der Waals surface area contributed by atoms with E-state index in [4.69, 9.17) is 11.2 Å². The molecule has 7 nitrogen and oxygen atoms in total. The summed E-state index contributed by atoms with van der Waals surface area (Å²) in [5.74, 6) is -0.389. The van der Waals surface area contributed by atoms with Gasteiger partial charge in [-0.1, -0.05) is 25.8 Å². The average Bonchev–Trinajstić information content (AvgIpc) is 3.38. The molecule has 0 unspecified atom stereocenters. The fourth-order valence-corrected chi connectivity index (χ4v) is 7.41. The van der Waals surface area contributed by atoms with Crippen LogP contribution in [0, 0.1) is 35.2 Å². The first-order chi connectivity index (χ1) is 22.1. The highest BCUT2D eigenvalue weighted by atomic mass is 19.1. The monoisotopic (exact) mass is 633 g/mol. The number of anilines is 1. The number of benzene rings is 3. The highest BCUT2D eigenvalue weighted by molar-refractivity contribution is 6.04. The molecule has 3 aliphatic rings. The van der Waals surface area contributed by atoms with Gasteiger partial charge in [-0.3, -0.25) is 0 Å². The van der Waals surface area contributed by atoms with E-state index in [0.717, 1.165) is 31.5 Å². The number of phenols is 1. The van der Waals surface area contributed by atoms with Crippen molar-refractivity contribution in [2.45, 2.75) is 51.4 Å². The maximum atomic E-state index is 16.8. The number of likely N-dealkylation sites (tertiary alicyclic amines) is 1. The largest absolute Gasteiger partial charge is 0.508 e. The minimum atomic E-state index is -1.11. The number of rotatable bonds is 6. The zero-order valence-electron chi connectivity index (χ0n) is 25.7. The predicted octanol–water partition coefficient (Wildman–Crippen LogP) is 5.94. The molecule has 0 amide bonds. The number of hydrogen-bond donors (Lipinski definition) is 2. The second-order valence-corrected chi connectivity index (χ2v) is 13.0. The van der Waals surface area contributed by atoms with Crippen LogP contribution in [0.4, 0.5) is 23.4 Å². The molecule has 7 rings (SSSR count). The molecule has 0 aliphatic carbocycles. The molecule has 0 saturated carbocycles. The van der Waals surface area contributed by atoms with E-state index in [1.54, 1.807) is 0 Å². The molecule has 3 saturated heterocycles. The lowest BCUT2D eigenvalue weighted by molar-refractivity contribution is -0.0154. The summed E-state index contributed by atoms with van der Waals surface area (Å²) in [4.78, 5) is 13.2. The zero-order valence-corrected chi connectivity index (χ0v) is 25.7. The van der Waals surface area contributed by atoms with Crippen molar-refractivity contribution < 1.29 is 27.4 Å². The van der Waals surface area contributed by atoms with Crippen molar-refractivity contribution >= 4 is 27.5 Å². The summed E-state index contributed by atoms with van der Waals surface area (Å²) in [5, 5.41) is 14.6. The molecule has 3 aromatic carbocycles. The highest BCUT2D eigenvalue weighted by Crippen LogP contribution is 2.42. The Morgan fingerprint density at radius 2 is 1.85 bits per heavy atom. The van der Waals surface area contributed by atoms with Gasteiger partial charge < -0.3 is 25.0 Å². The van der Waals surface area contributed by atoms with Gasteiger partial charge in [0.15, 0.2) is 5.82 Å². The van der Waals surface area contributed by atoms with E-state index in [2.05, 4.69) is 26.1 Å². The molecular weight excluding hydrogens is 598 g/mol. The van der Waals surface area contributed by atoms with Crippen molar-refractivity contribution in [2.75, 3.05) is 44.2 Å². The normalized spacial score (nSPS) is 24.9. The number of aromatic hydroxyl groups is 1. The van der Waals surface area contributed by atoms with Crippen LogP contribution < -0.4 is 15.0 Å². The maximum absolute atomic E-state index is 16.8. The smallest absolute Gasteiger partial charge is 0.319 e. The molecule has 4 aromatic rings. The van der Waals surface area contributed by atoms with Crippen LogP contribution in [0.3, 0.4) is 0 Å². The molecule has 11 heteroatoms. The fraction of sp³-hybridized carbons (Fsp3) is 0.429. The summed E-state index contributed by atoms with van der Waals surface area (Å²) in [5.41, 5.74) is -1.87. The first-order valence-corrected chi connectivity index (χ1v) is 15.7. The molecule has 46 heavy (non-hydrogen) atoms. The number of aromatic nitrogens is 2. The third-order valence-electron chi connectivity index (χ3n) is 9.84. The zero-order chi connectivity index (χ0) is 32.3. The predicted molar refractivity (Wildman–Crippen MR) is 169 cm³/mol. The minimum absolute atomic E-state index is 0.0416. The third kappa shape index (κ3) is 5.17. The van der Waals surface area contributed by atoms with Gasteiger partial charge in [0.1, 0.15) is 41.5 Å². The van der Waals surface area contributed by atoms with E-state index in [0.29, 0.717) is 43.8 Å². The highest BCUT2D eigenvalue weighted by Gasteiger charge is 2.41. The number of phenolic OH excluding ortho intramolecular Hbond substituents is 1. The van der Waals surface area contributed by atoms with Crippen molar-refractivity contribution in [3.63, 3.8) is 0 Å². The van der Waals surface area contributed by atoms with Crippen molar-refractivity contribution in [3.05, 3.63) is 53.3 Å². The number of ether oxygens (including phenoxy) is 1. The van der Waals surface area contributed by atoms with Gasteiger partial charge >= 0.3 is 6.01 Å². The molecule has 0 radical (unpaired) electrons. The van der Waals surface area contributed by atoms with Crippen molar-refractivity contribution in [3.8, 4) is 35.2 Å².